The summed E-state index contributed by atoms with van der Waals surface area (Å²) < 4.78 is 7.50. The number of benzene rings is 1. The fraction of sp³-hybridized carbons (Fsp3) is 0.333. The first-order valence-corrected chi connectivity index (χ1v) is 9.96. The number of ether oxygens (including phenoxy) is 1. The van der Waals surface area contributed by atoms with E-state index < -0.39 is 30.6 Å². The summed E-state index contributed by atoms with van der Waals surface area (Å²) in [6.45, 7) is 3.47. The fourth-order valence-electron chi connectivity index (χ4n) is 2.88. The molecule has 11 nitrogen and oxygen atoms in total. The van der Waals surface area contributed by atoms with Gasteiger partial charge in [0.05, 0.1) is 17.4 Å². The molecule has 1 aromatic carbocycles. The first-order chi connectivity index (χ1) is 15.3. The van der Waals surface area contributed by atoms with Gasteiger partial charge in [-0.3, -0.25) is 28.4 Å². The Morgan fingerprint density at radius 3 is 2.69 bits per heavy atom. The van der Waals surface area contributed by atoms with E-state index >= 15 is 0 Å². The minimum Gasteiger partial charge on any atom is -0.454 e. The number of hydrogen-bond donors (Lipinski definition) is 2. The van der Waals surface area contributed by atoms with Crippen LogP contribution in [0.2, 0.25) is 0 Å². The summed E-state index contributed by atoms with van der Waals surface area (Å²) >= 11 is 0. The molecule has 0 fully saturated rings. The molecule has 168 valence electrons. The zero-order valence-electron chi connectivity index (χ0n) is 18.0. The van der Waals surface area contributed by atoms with Gasteiger partial charge in [0.1, 0.15) is 18.3 Å². The first kappa shape index (κ1) is 22.7. The van der Waals surface area contributed by atoms with Crippen LogP contribution in [0, 0.1) is 5.92 Å². The van der Waals surface area contributed by atoms with Gasteiger partial charge in [-0.25, -0.2) is 4.98 Å². The molecule has 11 heteroatoms. The molecule has 0 unspecified atom stereocenters. The van der Waals surface area contributed by atoms with E-state index in [0.717, 1.165) is 4.57 Å². The van der Waals surface area contributed by atoms with Gasteiger partial charge in [-0.1, -0.05) is 26.0 Å². The molecule has 0 aliphatic heterocycles. The summed E-state index contributed by atoms with van der Waals surface area (Å²) in [6.07, 6.45) is 2.59. The fourth-order valence-corrected chi connectivity index (χ4v) is 2.88. The summed E-state index contributed by atoms with van der Waals surface area (Å²) in [5.74, 6) is -1.43. The van der Waals surface area contributed by atoms with Crippen LogP contribution in [-0.2, 0) is 27.9 Å². The van der Waals surface area contributed by atoms with Crippen molar-refractivity contribution in [3.05, 3.63) is 52.7 Å². The number of hydrogen-bond acceptors (Lipinski definition) is 7. The van der Waals surface area contributed by atoms with E-state index in [0.29, 0.717) is 23.4 Å². The van der Waals surface area contributed by atoms with Crippen LogP contribution in [-0.4, -0.2) is 50.3 Å². The lowest BCUT2D eigenvalue weighted by Crippen LogP contribution is -2.30. The number of esters is 1. The van der Waals surface area contributed by atoms with Crippen LogP contribution in [0.1, 0.15) is 24.2 Å². The summed E-state index contributed by atoms with van der Waals surface area (Å²) in [6, 6.07) is 6.53. The van der Waals surface area contributed by atoms with E-state index in [2.05, 4.69) is 20.7 Å². The predicted octanol–water partition coefficient (Wildman–Crippen LogP) is 0.698. The number of aromatic nitrogens is 4. The molecule has 0 spiro atoms. The lowest BCUT2D eigenvalue weighted by atomic mass is 10.1. The second kappa shape index (κ2) is 9.86. The Labute approximate surface area is 183 Å². The van der Waals surface area contributed by atoms with Gasteiger partial charge in [-0.15, -0.1) is 0 Å². The summed E-state index contributed by atoms with van der Waals surface area (Å²) in [4.78, 5) is 53.2. The van der Waals surface area contributed by atoms with Crippen LogP contribution >= 0.6 is 0 Å². The minimum absolute atomic E-state index is 0.271. The Morgan fingerprint density at radius 1 is 1.19 bits per heavy atom. The number of nitrogens with one attached hydrogen (secondary N) is 2. The van der Waals surface area contributed by atoms with Gasteiger partial charge in [-0.2, -0.15) is 5.10 Å². The third kappa shape index (κ3) is 5.36. The number of carbonyl (C=O) groups excluding carboxylic acids is 3. The molecule has 2 amide bonds. The van der Waals surface area contributed by atoms with E-state index in [9.17, 15) is 19.2 Å². The van der Waals surface area contributed by atoms with Crippen molar-refractivity contribution in [1.29, 1.82) is 0 Å². The van der Waals surface area contributed by atoms with Gasteiger partial charge < -0.3 is 15.4 Å². The van der Waals surface area contributed by atoms with E-state index in [-0.39, 0.29) is 17.2 Å². The average molecular weight is 440 g/mol. The van der Waals surface area contributed by atoms with Crippen molar-refractivity contribution >= 4 is 34.5 Å². The highest BCUT2D eigenvalue weighted by Gasteiger charge is 2.16. The Morgan fingerprint density at radius 2 is 1.94 bits per heavy atom. The average Bonchev–Trinajstić information content (AvgIpc) is 3.14. The Balaban J connectivity index is 1.57. The highest BCUT2D eigenvalue weighted by molar-refractivity contribution is 6.04. The molecule has 0 bridgehead atoms. The number of anilines is 1. The molecule has 2 N–H and O–H groups in total. The van der Waals surface area contributed by atoms with Crippen LogP contribution < -0.4 is 16.2 Å². The van der Waals surface area contributed by atoms with Crippen molar-refractivity contribution in [1.82, 2.24) is 24.6 Å². The zero-order chi connectivity index (χ0) is 23.3. The molecule has 0 saturated carbocycles. The number of carbonyl (C=O) groups is 3. The maximum absolute atomic E-state index is 12.4. The Bertz CT molecular complexity index is 1210. The normalized spacial score (nSPS) is 10.9. The number of rotatable bonds is 8. The van der Waals surface area contributed by atoms with Crippen molar-refractivity contribution in [2.24, 2.45) is 13.0 Å². The van der Waals surface area contributed by atoms with Gasteiger partial charge in [0, 0.05) is 13.6 Å². The van der Waals surface area contributed by atoms with Crippen molar-refractivity contribution in [2.75, 3.05) is 18.5 Å². The molecule has 0 atom stereocenters. The first-order valence-electron chi connectivity index (χ1n) is 9.96. The molecule has 0 aliphatic carbocycles. The summed E-state index contributed by atoms with van der Waals surface area (Å²) in [5.41, 5.74) is 0.563. The van der Waals surface area contributed by atoms with Gasteiger partial charge >= 0.3 is 5.97 Å². The number of aryl methyl sites for hydroxylation is 1. The third-order valence-corrected chi connectivity index (χ3v) is 4.50. The highest BCUT2D eigenvalue weighted by Crippen LogP contribution is 2.15. The van der Waals surface area contributed by atoms with Crippen LogP contribution in [0.15, 0.2) is 41.6 Å². The molecular formula is C21H24N6O5. The van der Waals surface area contributed by atoms with Gasteiger partial charge in [0.2, 0.25) is 0 Å². The van der Waals surface area contributed by atoms with E-state index in [4.69, 9.17) is 4.74 Å². The Hall–Kier alpha value is -4.02. The molecule has 0 radical (unpaired) electrons. The van der Waals surface area contributed by atoms with E-state index in [1.165, 1.54) is 17.2 Å². The summed E-state index contributed by atoms with van der Waals surface area (Å²) in [5, 5.41) is 9.59. The second-order valence-corrected chi connectivity index (χ2v) is 7.54. The van der Waals surface area contributed by atoms with Crippen molar-refractivity contribution in [3.63, 3.8) is 0 Å². The molecule has 3 aromatic rings. The lowest BCUT2D eigenvalue weighted by molar-refractivity contribution is -0.147. The second-order valence-electron chi connectivity index (χ2n) is 7.54. The SMILES string of the molecule is CC(C)CNC(=O)c1ccccc1NC(=O)COC(=O)Cn1cnc2c(cnn2C)c1=O. The standard InChI is InChI=1S/C21H24N6O5/c1-13(2)8-22-20(30)14-6-4-5-7-16(14)25-17(28)11-32-18(29)10-27-12-23-19-15(21(27)31)9-24-26(19)3/h4-7,9,12-13H,8,10-11H2,1-3H3,(H,22,30)(H,25,28). The third-order valence-electron chi connectivity index (χ3n) is 4.50. The largest absolute Gasteiger partial charge is 0.454 e. The minimum atomic E-state index is -0.782. The Kier molecular flexibility index (Phi) is 6.98. The van der Waals surface area contributed by atoms with Gasteiger partial charge in [-0.05, 0) is 18.1 Å². The summed E-state index contributed by atoms with van der Waals surface area (Å²) in [7, 11) is 1.65. The monoisotopic (exact) mass is 440 g/mol. The van der Waals surface area contributed by atoms with E-state index in [1.54, 1.807) is 31.3 Å². The van der Waals surface area contributed by atoms with Crippen LogP contribution in [0.3, 0.4) is 0 Å². The molecule has 3 rings (SSSR count). The van der Waals surface area contributed by atoms with Crippen LogP contribution in [0.25, 0.3) is 11.0 Å². The number of fused-ring (bicyclic) bond motifs is 1. The van der Waals surface area contributed by atoms with Crippen molar-refractivity contribution < 1.29 is 19.1 Å². The van der Waals surface area contributed by atoms with Crippen molar-refractivity contribution in [2.45, 2.75) is 20.4 Å². The number of para-hydroxylation sites is 1. The lowest BCUT2D eigenvalue weighted by Gasteiger charge is -2.12. The molecule has 32 heavy (non-hydrogen) atoms. The molecular weight excluding hydrogens is 416 g/mol. The quantitative estimate of drug-likeness (QED) is 0.492. The van der Waals surface area contributed by atoms with Gasteiger partial charge in [0.15, 0.2) is 12.3 Å². The number of nitrogens with zero attached hydrogens (tertiary/aromatic N) is 4. The highest BCUT2D eigenvalue weighted by atomic mass is 16.5. The smallest absolute Gasteiger partial charge is 0.326 e. The molecule has 0 aliphatic rings. The van der Waals surface area contributed by atoms with Crippen LogP contribution in [0.4, 0.5) is 5.69 Å². The zero-order valence-corrected chi connectivity index (χ0v) is 18.0. The van der Waals surface area contributed by atoms with Crippen molar-refractivity contribution in [3.8, 4) is 0 Å². The van der Waals surface area contributed by atoms with E-state index in [1.807, 2.05) is 13.8 Å². The molecule has 2 heterocycles. The maximum Gasteiger partial charge on any atom is 0.326 e. The predicted molar refractivity (Wildman–Crippen MR) is 116 cm³/mol. The molecule has 2 aromatic heterocycles. The topological polar surface area (TPSA) is 137 Å². The van der Waals surface area contributed by atoms with Crippen LogP contribution in [0.5, 0.6) is 0 Å². The van der Waals surface area contributed by atoms with Gasteiger partial charge in [0.25, 0.3) is 17.4 Å². The maximum atomic E-state index is 12.4. The number of amides is 2. The molecule has 0 saturated heterocycles.